The van der Waals surface area contributed by atoms with E-state index in [4.69, 9.17) is 9.84 Å². The highest BCUT2D eigenvalue weighted by atomic mass is 19.1. The Morgan fingerprint density at radius 2 is 2.38 bits per heavy atom. The van der Waals surface area contributed by atoms with Gasteiger partial charge in [0, 0.05) is 12.3 Å². The van der Waals surface area contributed by atoms with Gasteiger partial charge in [0.1, 0.15) is 12.4 Å². The van der Waals surface area contributed by atoms with E-state index in [1.165, 1.54) is 12.1 Å². The Morgan fingerprint density at radius 1 is 1.57 bits per heavy atom. The van der Waals surface area contributed by atoms with Gasteiger partial charge in [-0.25, -0.2) is 4.39 Å². The van der Waals surface area contributed by atoms with Crippen LogP contribution in [0.3, 0.4) is 0 Å². The van der Waals surface area contributed by atoms with E-state index in [0.717, 1.165) is 6.42 Å². The Labute approximate surface area is 123 Å². The van der Waals surface area contributed by atoms with Gasteiger partial charge < -0.3 is 15.2 Å². The van der Waals surface area contributed by atoms with Gasteiger partial charge in [0.25, 0.3) is 0 Å². The number of benzene rings is 1. The molecule has 1 amide bonds. The number of ether oxygens (including phenoxy) is 1. The predicted molar refractivity (Wildman–Crippen MR) is 77.1 cm³/mol. The van der Waals surface area contributed by atoms with Gasteiger partial charge in [-0.1, -0.05) is 18.8 Å². The fourth-order valence-corrected chi connectivity index (χ4v) is 2.41. The largest absolute Gasteiger partial charge is 0.384 e. The second-order valence-corrected chi connectivity index (χ2v) is 4.86. The number of hydrogen-bond acceptors (Lipinski definition) is 3. The number of anilines is 1. The molecule has 1 aliphatic heterocycles. The molecule has 1 fully saturated rings. The molecule has 2 unspecified atom stereocenters. The fraction of sp³-hybridized carbons (Fsp3) is 0.438. The normalized spacial score (nSPS) is 20.7. The van der Waals surface area contributed by atoms with Crippen molar-refractivity contribution >= 4 is 11.6 Å². The summed E-state index contributed by atoms with van der Waals surface area (Å²) in [4.78, 5) is 12.2. The molecule has 1 heterocycles. The molecule has 0 radical (unpaired) electrons. The third-order valence-electron chi connectivity index (χ3n) is 3.49. The van der Waals surface area contributed by atoms with Crippen molar-refractivity contribution in [3.63, 3.8) is 0 Å². The number of hydrogen-bond donors (Lipinski definition) is 2. The predicted octanol–water partition coefficient (Wildman–Crippen LogP) is 1.92. The van der Waals surface area contributed by atoms with Gasteiger partial charge in [-0.05, 0) is 31.0 Å². The third kappa shape index (κ3) is 3.81. The zero-order valence-corrected chi connectivity index (χ0v) is 11.9. The molecular weight excluding hydrogens is 273 g/mol. The minimum absolute atomic E-state index is 0.0652. The standard InChI is InChI=1S/C16H18FNO3/c1-2-15-13(7-9-21-15)16(20)18-12-6-5-11(4-3-8-19)14(17)10-12/h5-6,10,13,15,19H,2,7-9H2,1H3,(H,18,20). The van der Waals surface area contributed by atoms with Gasteiger partial charge in [-0.2, -0.15) is 0 Å². The molecule has 4 nitrogen and oxygen atoms in total. The number of aliphatic hydroxyl groups is 1. The fourth-order valence-electron chi connectivity index (χ4n) is 2.41. The molecule has 21 heavy (non-hydrogen) atoms. The van der Waals surface area contributed by atoms with Crippen LogP contribution in [0.15, 0.2) is 18.2 Å². The van der Waals surface area contributed by atoms with E-state index < -0.39 is 5.82 Å². The Morgan fingerprint density at radius 3 is 3.05 bits per heavy atom. The monoisotopic (exact) mass is 291 g/mol. The summed E-state index contributed by atoms with van der Waals surface area (Å²) in [6, 6.07) is 4.31. The molecular formula is C16H18FNO3. The first kappa shape index (κ1) is 15.5. The zero-order chi connectivity index (χ0) is 15.2. The number of amides is 1. The van der Waals surface area contributed by atoms with Crippen LogP contribution in [-0.4, -0.2) is 30.3 Å². The van der Waals surface area contributed by atoms with Crippen molar-refractivity contribution in [3.8, 4) is 11.8 Å². The highest BCUT2D eigenvalue weighted by Crippen LogP contribution is 2.25. The summed E-state index contributed by atoms with van der Waals surface area (Å²) in [5, 5.41) is 11.3. The maximum Gasteiger partial charge on any atom is 0.230 e. The molecule has 0 spiro atoms. The van der Waals surface area contributed by atoms with Crippen LogP contribution in [0.1, 0.15) is 25.3 Å². The molecule has 2 atom stereocenters. The first-order chi connectivity index (χ1) is 10.2. The topological polar surface area (TPSA) is 58.6 Å². The number of carbonyl (C=O) groups excluding carboxylic acids is 1. The van der Waals surface area contributed by atoms with Gasteiger partial charge in [0.15, 0.2) is 0 Å². The lowest BCUT2D eigenvalue weighted by atomic mass is 9.98. The smallest absolute Gasteiger partial charge is 0.230 e. The molecule has 1 aromatic carbocycles. The van der Waals surface area contributed by atoms with Crippen LogP contribution in [-0.2, 0) is 9.53 Å². The Balaban J connectivity index is 2.06. The van der Waals surface area contributed by atoms with Crippen molar-refractivity contribution in [1.29, 1.82) is 0 Å². The van der Waals surface area contributed by atoms with Crippen molar-refractivity contribution in [2.45, 2.75) is 25.9 Å². The maximum absolute atomic E-state index is 13.8. The van der Waals surface area contributed by atoms with E-state index in [-0.39, 0.29) is 30.1 Å². The van der Waals surface area contributed by atoms with E-state index in [2.05, 4.69) is 17.2 Å². The van der Waals surface area contributed by atoms with E-state index in [1.807, 2.05) is 6.92 Å². The zero-order valence-electron chi connectivity index (χ0n) is 11.9. The van der Waals surface area contributed by atoms with Crippen LogP contribution >= 0.6 is 0 Å². The second kappa shape index (κ2) is 7.21. The first-order valence-electron chi connectivity index (χ1n) is 6.97. The van der Waals surface area contributed by atoms with E-state index in [1.54, 1.807) is 6.07 Å². The molecule has 0 aliphatic carbocycles. The summed E-state index contributed by atoms with van der Waals surface area (Å²) in [5.41, 5.74) is 0.589. The van der Waals surface area contributed by atoms with Gasteiger partial charge >= 0.3 is 0 Å². The maximum atomic E-state index is 13.8. The van der Waals surface area contributed by atoms with Crippen LogP contribution < -0.4 is 5.32 Å². The molecule has 0 saturated carbocycles. The minimum atomic E-state index is -0.525. The minimum Gasteiger partial charge on any atom is -0.384 e. The summed E-state index contributed by atoms with van der Waals surface area (Å²) in [5.74, 6) is 4.03. The summed E-state index contributed by atoms with van der Waals surface area (Å²) < 4.78 is 19.3. The van der Waals surface area contributed by atoms with E-state index in [9.17, 15) is 9.18 Å². The average molecular weight is 291 g/mol. The van der Waals surface area contributed by atoms with E-state index >= 15 is 0 Å². The van der Waals surface area contributed by atoms with Gasteiger partial charge in [-0.3, -0.25) is 4.79 Å². The Hall–Kier alpha value is -1.90. The van der Waals surface area contributed by atoms with E-state index in [0.29, 0.717) is 18.7 Å². The van der Waals surface area contributed by atoms with Crippen molar-refractivity contribution in [2.75, 3.05) is 18.5 Å². The molecule has 2 N–H and O–H groups in total. The molecule has 1 saturated heterocycles. The van der Waals surface area contributed by atoms with Crippen molar-refractivity contribution in [1.82, 2.24) is 0 Å². The van der Waals surface area contributed by atoms with Gasteiger partial charge in [0.05, 0.1) is 17.6 Å². The van der Waals surface area contributed by atoms with Crippen molar-refractivity contribution < 1.29 is 19.0 Å². The quantitative estimate of drug-likeness (QED) is 0.837. The third-order valence-corrected chi connectivity index (χ3v) is 3.49. The molecule has 5 heteroatoms. The van der Waals surface area contributed by atoms with Gasteiger partial charge in [-0.15, -0.1) is 0 Å². The van der Waals surface area contributed by atoms with Crippen LogP contribution in [0.5, 0.6) is 0 Å². The lowest BCUT2D eigenvalue weighted by molar-refractivity contribution is -0.121. The Kier molecular flexibility index (Phi) is 5.32. The Bertz CT molecular complexity index is 577. The summed E-state index contributed by atoms with van der Waals surface area (Å²) >= 11 is 0. The average Bonchev–Trinajstić information content (AvgIpc) is 2.95. The second-order valence-electron chi connectivity index (χ2n) is 4.86. The first-order valence-corrected chi connectivity index (χ1v) is 6.97. The highest BCUT2D eigenvalue weighted by molar-refractivity contribution is 5.93. The SMILES string of the molecule is CCC1OCCC1C(=O)Nc1ccc(C#CCO)c(F)c1. The van der Waals surface area contributed by atoms with Gasteiger partial charge in [0.2, 0.25) is 5.91 Å². The summed E-state index contributed by atoms with van der Waals surface area (Å²) in [6.45, 7) is 2.24. The molecule has 0 bridgehead atoms. The van der Waals surface area contributed by atoms with Crippen LogP contribution in [0.2, 0.25) is 0 Å². The number of nitrogens with one attached hydrogen (secondary N) is 1. The van der Waals surface area contributed by atoms with Crippen molar-refractivity contribution in [3.05, 3.63) is 29.6 Å². The van der Waals surface area contributed by atoms with Crippen LogP contribution in [0.4, 0.5) is 10.1 Å². The number of halogens is 1. The number of carbonyl (C=O) groups is 1. The molecule has 112 valence electrons. The lowest BCUT2D eigenvalue weighted by Gasteiger charge is -2.16. The van der Waals surface area contributed by atoms with Crippen LogP contribution in [0, 0.1) is 23.6 Å². The lowest BCUT2D eigenvalue weighted by Crippen LogP contribution is -2.29. The highest BCUT2D eigenvalue weighted by Gasteiger charge is 2.32. The summed E-state index contributed by atoms with van der Waals surface area (Å²) in [7, 11) is 0. The molecule has 1 aliphatic rings. The van der Waals surface area contributed by atoms with Crippen molar-refractivity contribution in [2.24, 2.45) is 5.92 Å². The summed E-state index contributed by atoms with van der Waals surface area (Å²) in [6.07, 6.45) is 1.40. The molecule has 2 rings (SSSR count). The molecule has 0 aromatic heterocycles. The molecule has 1 aromatic rings. The van der Waals surface area contributed by atoms with Crippen LogP contribution in [0.25, 0.3) is 0 Å². The number of rotatable bonds is 3. The number of aliphatic hydroxyl groups excluding tert-OH is 1.